The van der Waals surface area contributed by atoms with Crippen LogP contribution in [-0.4, -0.2) is 36.4 Å². The van der Waals surface area contributed by atoms with Gasteiger partial charge in [-0.05, 0) is 42.3 Å². The highest BCUT2D eigenvalue weighted by Crippen LogP contribution is 2.29. The van der Waals surface area contributed by atoms with Gasteiger partial charge in [-0.1, -0.05) is 49.4 Å². The highest BCUT2D eigenvalue weighted by molar-refractivity contribution is 7.15. The van der Waals surface area contributed by atoms with E-state index in [0.717, 1.165) is 16.3 Å². The minimum absolute atomic E-state index is 0.0661. The average molecular weight is 479 g/mol. The molecule has 1 N–H and O–H groups in total. The van der Waals surface area contributed by atoms with Gasteiger partial charge in [0.1, 0.15) is 35.6 Å². The van der Waals surface area contributed by atoms with Gasteiger partial charge in [-0.15, -0.1) is 10.2 Å². The fraction of sp³-hybridized carbons (Fsp3) is 0.280. The SMILES string of the molecule is COc1cc(/C=C(/C#N)C(=O)Nc2nnc(C(C)C)s2)ccc1OCCOc1ccccc1C. The number of anilines is 1. The third kappa shape index (κ3) is 6.56. The van der Waals surface area contributed by atoms with Crippen molar-refractivity contribution in [2.45, 2.75) is 26.7 Å². The number of carbonyl (C=O) groups is 1. The number of aromatic nitrogens is 2. The normalized spacial score (nSPS) is 11.1. The summed E-state index contributed by atoms with van der Waals surface area (Å²) in [6.45, 7) is 6.66. The average Bonchev–Trinajstić information content (AvgIpc) is 3.30. The number of aryl methyl sites for hydroxylation is 1. The molecule has 0 bridgehead atoms. The molecule has 0 radical (unpaired) electrons. The van der Waals surface area contributed by atoms with Crippen LogP contribution in [0.5, 0.6) is 17.2 Å². The Morgan fingerprint density at radius 1 is 1.12 bits per heavy atom. The number of nitrogens with one attached hydrogen (secondary N) is 1. The van der Waals surface area contributed by atoms with Gasteiger partial charge in [-0.3, -0.25) is 10.1 Å². The summed E-state index contributed by atoms with van der Waals surface area (Å²) in [5, 5.41) is 21.3. The second-order valence-corrected chi connectivity index (χ2v) is 8.61. The van der Waals surface area contributed by atoms with Gasteiger partial charge in [0.2, 0.25) is 5.13 Å². The first-order chi connectivity index (χ1) is 16.4. The molecule has 0 unspecified atom stereocenters. The number of para-hydroxylation sites is 1. The molecule has 0 fully saturated rings. The zero-order chi connectivity index (χ0) is 24.5. The molecule has 3 rings (SSSR count). The van der Waals surface area contributed by atoms with E-state index >= 15 is 0 Å². The van der Waals surface area contributed by atoms with Crippen molar-refractivity contribution >= 4 is 28.5 Å². The fourth-order valence-corrected chi connectivity index (χ4v) is 3.65. The molecule has 1 amide bonds. The van der Waals surface area contributed by atoms with Crippen LogP contribution in [0.4, 0.5) is 5.13 Å². The predicted octanol–water partition coefficient (Wildman–Crippen LogP) is 4.98. The van der Waals surface area contributed by atoms with Gasteiger partial charge in [0.25, 0.3) is 5.91 Å². The van der Waals surface area contributed by atoms with E-state index in [1.807, 2.05) is 51.1 Å². The van der Waals surface area contributed by atoms with Gasteiger partial charge in [0, 0.05) is 5.92 Å². The van der Waals surface area contributed by atoms with Crippen molar-refractivity contribution in [3.05, 3.63) is 64.2 Å². The minimum Gasteiger partial charge on any atom is -0.493 e. The number of methoxy groups -OCH3 is 1. The number of nitrogens with zero attached hydrogens (tertiary/aromatic N) is 3. The highest BCUT2D eigenvalue weighted by atomic mass is 32.1. The molecule has 34 heavy (non-hydrogen) atoms. The van der Waals surface area contributed by atoms with Gasteiger partial charge in [-0.2, -0.15) is 5.26 Å². The molecule has 176 valence electrons. The molecule has 9 heteroatoms. The molecule has 3 aromatic rings. The molecule has 0 saturated carbocycles. The van der Waals surface area contributed by atoms with Crippen molar-refractivity contribution < 1.29 is 19.0 Å². The molecule has 2 aromatic carbocycles. The lowest BCUT2D eigenvalue weighted by atomic mass is 10.1. The Hall–Kier alpha value is -3.90. The third-order valence-corrected chi connectivity index (χ3v) is 5.85. The van der Waals surface area contributed by atoms with Crippen molar-refractivity contribution in [1.82, 2.24) is 10.2 Å². The van der Waals surface area contributed by atoms with Crippen LogP contribution < -0.4 is 19.5 Å². The molecule has 0 saturated heterocycles. The van der Waals surface area contributed by atoms with E-state index in [1.165, 1.54) is 24.5 Å². The van der Waals surface area contributed by atoms with Crippen LogP contribution in [0.3, 0.4) is 0 Å². The van der Waals surface area contributed by atoms with E-state index in [4.69, 9.17) is 14.2 Å². The smallest absolute Gasteiger partial charge is 0.268 e. The number of ether oxygens (including phenoxy) is 3. The Morgan fingerprint density at radius 2 is 1.85 bits per heavy atom. The van der Waals surface area contributed by atoms with E-state index in [9.17, 15) is 10.1 Å². The van der Waals surface area contributed by atoms with E-state index in [0.29, 0.717) is 35.4 Å². The molecule has 0 aliphatic carbocycles. The maximum atomic E-state index is 12.5. The second kappa shape index (κ2) is 11.8. The monoisotopic (exact) mass is 478 g/mol. The van der Waals surface area contributed by atoms with E-state index in [1.54, 1.807) is 18.2 Å². The Labute approximate surface area is 202 Å². The van der Waals surface area contributed by atoms with Crippen LogP contribution in [0.25, 0.3) is 6.08 Å². The first-order valence-electron chi connectivity index (χ1n) is 10.7. The first-order valence-corrected chi connectivity index (χ1v) is 11.5. The van der Waals surface area contributed by atoms with Crippen LogP contribution in [0.1, 0.15) is 35.9 Å². The van der Waals surface area contributed by atoms with Crippen molar-refractivity contribution in [3.8, 4) is 23.3 Å². The highest BCUT2D eigenvalue weighted by Gasteiger charge is 2.15. The molecule has 0 atom stereocenters. The summed E-state index contributed by atoms with van der Waals surface area (Å²) in [5.74, 6) is 1.48. The van der Waals surface area contributed by atoms with Crippen LogP contribution in [0.2, 0.25) is 0 Å². The largest absolute Gasteiger partial charge is 0.493 e. The Kier molecular flexibility index (Phi) is 8.60. The van der Waals surface area contributed by atoms with Crippen LogP contribution in [0, 0.1) is 18.3 Å². The lowest BCUT2D eigenvalue weighted by molar-refractivity contribution is -0.112. The second-order valence-electron chi connectivity index (χ2n) is 7.60. The standard InChI is InChI=1S/C25H26N4O4S/c1-16(2)24-28-29-25(34-24)27-23(30)19(15-26)13-18-9-10-21(22(14-18)31-4)33-12-11-32-20-8-6-5-7-17(20)3/h5-10,13-14,16H,11-12H2,1-4H3,(H,27,29,30)/b19-13-. The molecule has 0 aliphatic heterocycles. The van der Waals surface area contributed by atoms with Crippen molar-refractivity contribution in [3.63, 3.8) is 0 Å². The van der Waals surface area contributed by atoms with E-state index in [-0.39, 0.29) is 11.5 Å². The van der Waals surface area contributed by atoms with Crippen molar-refractivity contribution in [2.24, 2.45) is 0 Å². The van der Waals surface area contributed by atoms with E-state index in [2.05, 4.69) is 15.5 Å². The number of nitriles is 1. The Bertz CT molecular complexity index is 1210. The first kappa shape index (κ1) is 24.7. The van der Waals surface area contributed by atoms with Gasteiger partial charge in [0.15, 0.2) is 11.5 Å². The summed E-state index contributed by atoms with van der Waals surface area (Å²) < 4.78 is 17.0. The summed E-state index contributed by atoms with van der Waals surface area (Å²) >= 11 is 1.28. The maximum absolute atomic E-state index is 12.5. The minimum atomic E-state index is -0.554. The topological polar surface area (TPSA) is 106 Å². The molecule has 1 heterocycles. The number of hydrogen-bond donors (Lipinski definition) is 1. The number of hydrogen-bond acceptors (Lipinski definition) is 8. The molecular formula is C25H26N4O4S. The summed E-state index contributed by atoms with van der Waals surface area (Å²) in [4.78, 5) is 12.5. The molecule has 8 nitrogen and oxygen atoms in total. The lowest BCUT2D eigenvalue weighted by Gasteiger charge is -2.13. The summed E-state index contributed by atoms with van der Waals surface area (Å²) in [5.41, 5.74) is 1.61. The van der Waals surface area contributed by atoms with Crippen molar-refractivity contribution in [2.75, 3.05) is 25.6 Å². The lowest BCUT2D eigenvalue weighted by Crippen LogP contribution is -2.13. The van der Waals surface area contributed by atoms with E-state index < -0.39 is 5.91 Å². The molecule has 1 aromatic heterocycles. The van der Waals surface area contributed by atoms with Gasteiger partial charge < -0.3 is 14.2 Å². The summed E-state index contributed by atoms with van der Waals surface area (Å²) in [6, 6.07) is 14.9. The molecular weight excluding hydrogens is 452 g/mol. The number of rotatable bonds is 10. The summed E-state index contributed by atoms with van der Waals surface area (Å²) in [6.07, 6.45) is 1.48. The van der Waals surface area contributed by atoms with Crippen LogP contribution >= 0.6 is 11.3 Å². The van der Waals surface area contributed by atoms with Gasteiger partial charge >= 0.3 is 0 Å². The Balaban J connectivity index is 1.63. The quantitative estimate of drug-likeness (QED) is 0.249. The van der Waals surface area contributed by atoms with Crippen LogP contribution in [-0.2, 0) is 4.79 Å². The maximum Gasteiger partial charge on any atom is 0.268 e. The molecule has 0 spiro atoms. The zero-order valence-electron chi connectivity index (χ0n) is 19.5. The Morgan fingerprint density at radius 3 is 2.50 bits per heavy atom. The zero-order valence-corrected chi connectivity index (χ0v) is 20.3. The third-order valence-electron chi connectivity index (χ3n) is 4.71. The van der Waals surface area contributed by atoms with Crippen molar-refractivity contribution in [1.29, 1.82) is 5.26 Å². The number of carbonyl (C=O) groups excluding carboxylic acids is 1. The fourth-order valence-electron chi connectivity index (χ4n) is 2.91. The van der Waals surface area contributed by atoms with Crippen LogP contribution in [0.15, 0.2) is 48.0 Å². The predicted molar refractivity (Wildman–Crippen MR) is 131 cm³/mol. The van der Waals surface area contributed by atoms with Gasteiger partial charge in [0.05, 0.1) is 7.11 Å². The molecule has 0 aliphatic rings. The number of amides is 1. The summed E-state index contributed by atoms with van der Waals surface area (Å²) in [7, 11) is 1.53. The number of benzene rings is 2. The van der Waals surface area contributed by atoms with Gasteiger partial charge in [-0.25, -0.2) is 0 Å².